The first-order chi connectivity index (χ1) is 15.8. The van der Waals surface area contributed by atoms with Gasteiger partial charge in [0.05, 0.1) is 13.2 Å². The zero-order valence-electron chi connectivity index (χ0n) is 19.7. The first kappa shape index (κ1) is 22.8. The lowest BCUT2D eigenvalue weighted by Crippen LogP contribution is -2.40. The maximum absolute atomic E-state index is 13.0. The summed E-state index contributed by atoms with van der Waals surface area (Å²) in [6.45, 7) is 8.88. The van der Waals surface area contributed by atoms with Crippen LogP contribution in [0.5, 0.6) is 0 Å². The number of hydrogen-bond acceptors (Lipinski definition) is 4. The summed E-state index contributed by atoms with van der Waals surface area (Å²) < 4.78 is 7.06. The Kier molecular flexibility index (Phi) is 6.65. The van der Waals surface area contributed by atoms with E-state index >= 15 is 0 Å². The highest BCUT2D eigenvalue weighted by molar-refractivity contribution is 6.05. The second-order valence-corrected chi connectivity index (χ2v) is 8.89. The maximum atomic E-state index is 13.0. The number of aromatic nitrogens is 1. The van der Waals surface area contributed by atoms with Gasteiger partial charge in [-0.2, -0.15) is 0 Å². The second kappa shape index (κ2) is 9.63. The molecule has 172 valence electrons. The molecular weight excluding hydrogens is 414 g/mol. The van der Waals surface area contributed by atoms with Crippen molar-refractivity contribution >= 4 is 17.3 Å². The fourth-order valence-electron chi connectivity index (χ4n) is 4.13. The lowest BCUT2D eigenvalue weighted by Gasteiger charge is -2.29. The van der Waals surface area contributed by atoms with Crippen LogP contribution in [0, 0.1) is 6.92 Å². The van der Waals surface area contributed by atoms with E-state index in [1.54, 1.807) is 11.6 Å². The number of nitrogens with zero attached hydrogens (tertiary/aromatic N) is 2. The van der Waals surface area contributed by atoms with E-state index in [0.717, 1.165) is 22.4 Å². The number of aryl methyl sites for hydroxylation is 2. The van der Waals surface area contributed by atoms with Crippen LogP contribution in [0.2, 0.25) is 0 Å². The highest BCUT2D eigenvalue weighted by Gasteiger charge is 2.18. The topological polar surface area (TPSA) is 63.6 Å². The molecule has 0 saturated carbocycles. The molecular formula is C27H31N3O3. The first-order valence-electron chi connectivity index (χ1n) is 11.4. The molecule has 1 saturated heterocycles. The number of hydrogen-bond donors (Lipinski definition) is 1. The van der Waals surface area contributed by atoms with Crippen molar-refractivity contribution in [2.24, 2.45) is 7.05 Å². The predicted molar refractivity (Wildman–Crippen MR) is 133 cm³/mol. The number of anilines is 2. The van der Waals surface area contributed by atoms with E-state index < -0.39 is 0 Å². The van der Waals surface area contributed by atoms with Gasteiger partial charge in [-0.15, -0.1) is 0 Å². The minimum atomic E-state index is -0.157. The van der Waals surface area contributed by atoms with Crippen LogP contribution in [0.15, 0.2) is 59.5 Å². The van der Waals surface area contributed by atoms with E-state index in [1.165, 1.54) is 5.56 Å². The van der Waals surface area contributed by atoms with Crippen LogP contribution in [-0.4, -0.2) is 36.8 Å². The fourth-order valence-corrected chi connectivity index (χ4v) is 4.13. The quantitative estimate of drug-likeness (QED) is 0.625. The minimum absolute atomic E-state index is 0.0303. The Hall–Kier alpha value is -3.38. The molecule has 33 heavy (non-hydrogen) atoms. The summed E-state index contributed by atoms with van der Waals surface area (Å²) >= 11 is 0. The molecule has 0 aliphatic carbocycles. The number of benzene rings is 2. The van der Waals surface area contributed by atoms with Gasteiger partial charge in [0.15, 0.2) is 0 Å². The highest BCUT2D eigenvalue weighted by Crippen LogP contribution is 2.27. The molecule has 3 aromatic rings. The molecule has 6 heteroatoms. The molecule has 1 fully saturated rings. The van der Waals surface area contributed by atoms with Crippen molar-refractivity contribution in [2.75, 3.05) is 36.5 Å². The van der Waals surface area contributed by atoms with Gasteiger partial charge in [0.25, 0.3) is 11.5 Å². The van der Waals surface area contributed by atoms with Gasteiger partial charge in [-0.25, -0.2) is 0 Å². The van der Waals surface area contributed by atoms with Crippen LogP contribution in [-0.2, 0) is 11.8 Å². The Labute approximate surface area is 194 Å². The minimum Gasteiger partial charge on any atom is -0.378 e. The van der Waals surface area contributed by atoms with Gasteiger partial charge < -0.3 is 19.5 Å². The monoisotopic (exact) mass is 445 g/mol. The average molecular weight is 446 g/mol. The first-order valence-corrected chi connectivity index (χ1v) is 11.4. The molecule has 1 aromatic heterocycles. The molecule has 2 heterocycles. The molecule has 4 rings (SSSR count). The number of rotatable bonds is 5. The molecule has 6 nitrogen and oxygen atoms in total. The van der Waals surface area contributed by atoms with Gasteiger partial charge in [0.2, 0.25) is 0 Å². The third-order valence-electron chi connectivity index (χ3n) is 6.14. The fraction of sp³-hybridized carbons (Fsp3) is 0.333. The summed E-state index contributed by atoms with van der Waals surface area (Å²) in [6, 6.07) is 15.6. The van der Waals surface area contributed by atoms with Crippen LogP contribution in [0.1, 0.15) is 41.3 Å². The summed E-state index contributed by atoms with van der Waals surface area (Å²) in [4.78, 5) is 27.9. The summed E-state index contributed by atoms with van der Waals surface area (Å²) in [7, 11) is 1.77. The van der Waals surface area contributed by atoms with E-state index in [9.17, 15) is 9.59 Å². The standard InChI is InChI=1S/C27H31N3O3/c1-18(2)20-6-5-7-23(14-20)28-26(31)21-9-8-19(3)24(15-21)22-16-25(27(32)29(4)17-22)30-10-12-33-13-11-30/h5-9,14-18H,10-13H2,1-4H3,(H,28,31). The van der Waals surface area contributed by atoms with Crippen molar-refractivity contribution in [3.8, 4) is 11.1 Å². The van der Waals surface area contributed by atoms with Crippen LogP contribution in [0.25, 0.3) is 11.1 Å². The Morgan fingerprint density at radius 2 is 1.82 bits per heavy atom. The van der Waals surface area contributed by atoms with E-state index in [0.29, 0.717) is 43.5 Å². The number of nitrogens with one attached hydrogen (secondary N) is 1. The van der Waals surface area contributed by atoms with Crippen LogP contribution >= 0.6 is 0 Å². The largest absolute Gasteiger partial charge is 0.378 e. The number of carbonyl (C=O) groups is 1. The second-order valence-electron chi connectivity index (χ2n) is 8.89. The molecule has 0 spiro atoms. The lowest BCUT2D eigenvalue weighted by molar-refractivity contribution is 0.102. The van der Waals surface area contributed by atoms with Gasteiger partial charge in [-0.1, -0.05) is 32.0 Å². The zero-order chi connectivity index (χ0) is 23.5. The molecule has 0 bridgehead atoms. The van der Waals surface area contributed by atoms with E-state index in [4.69, 9.17) is 4.74 Å². The van der Waals surface area contributed by atoms with Crippen molar-refractivity contribution in [2.45, 2.75) is 26.7 Å². The van der Waals surface area contributed by atoms with Crippen molar-refractivity contribution in [1.29, 1.82) is 0 Å². The molecule has 0 unspecified atom stereocenters. The summed E-state index contributed by atoms with van der Waals surface area (Å²) in [5, 5.41) is 3.02. The van der Waals surface area contributed by atoms with Gasteiger partial charge in [-0.05, 0) is 59.9 Å². The normalized spacial score (nSPS) is 13.9. The van der Waals surface area contributed by atoms with E-state index in [-0.39, 0.29) is 11.5 Å². The van der Waals surface area contributed by atoms with Crippen LogP contribution < -0.4 is 15.8 Å². The molecule has 2 aromatic carbocycles. The SMILES string of the molecule is Cc1ccc(C(=O)Nc2cccc(C(C)C)c2)cc1-c1cc(N2CCOCC2)c(=O)n(C)c1. The van der Waals surface area contributed by atoms with Crippen LogP contribution in [0.4, 0.5) is 11.4 Å². The summed E-state index contributed by atoms with van der Waals surface area (Å²) in [6.07, 6.45) is 1.84. The summed E-state index contributed by atoms with van der Waals surface area (Å²) in [5.74, 6) is 0.230. The Balaban J connectivity index is 1.66. The number of morpholine rings is 1. The third kappa shape index (κ3) is 5.01. The molecule has 1 amide bonds. The van der Waals surface area contributed by atoms with Gasteiger partial charge in [0, 0.05) is 43.1 Å². The predicted octanol–water partition coefficient (Wildman–Crippen LogP) is 4.57. The van der Waals surface area contributed by atoms with Gasteiger partial charge in [0.1, 0.15) is 5.69 Å². The molecule has 0 atom stereocenters. The van der Waals surface area contributed by atoms with Crippen molar-refractivity contribution in [3.63, 3.8) is 0 Å². The van der Waals surface area contributed by atoms with Crippen LogP contribution in [0.3, 0.4) is 0 Å². The number of pyridine rings is 1. The van der Waals surface area contributed by atoms with E-state index in [1.807, 2.05) is 55.6 Å². The zero-order valence-corrected chi connectivity index (χ0v) is 19.7. The van der Waals surface area contributed by atoms with Crippen molar-refractivity contribution in [1.82, 2.24) is 4.57 Å². The van der Waals surface area contributed by atoms with E-state index in [2.05, 4.69) is 30.1 Å². The molecule has 0 radical (unpaired) electrons. The number of ether oxygens (including phenoxy) is 1. The molecule has 1 aliphatic rings. The smallest absolute Gasteiger partial charge is 0.273 e. The lowest BCUT2D eigenvalue weighted by atomic mass is 9.98. The van der Waals surface area contributed by atoms with Gasteiger partial charge in [-0.3, -0.25) is 9.59 Å². The van der Waals surface area contributed by atoms with Gasteiger partial charge >= 0.3 is 0 Å². The average Bonchev–Trinajstić information content (AvgIpc) is 2.81. The summed E-state index contributed by atoms with van der Waals surface area (Å²) in [5.41, 5.74) is 6.06. The maximum Gasteiger partial charge on any atom is 0.273 e. The Morgan fingerprint density at radius 3 is 2.55 bits per heavy atom. The number of carbonyl (C=O) groups excluding carboxylic acids is 1. The Bertz CT molecular complexity index is 1220. The van der Waals surface area contributed by atoms with Crippen molar-refractivity contribution < 1.29 is 9.53 Å². The van der Waals surface area contributed by atoms with Crippen molar-refractivity contribution in [3.05, 3.63) is 81.8 Å². The third-order valence-corrected chi connectivity index (χ3v) is 6.14. The molecule has 1 N–H and O–H groups in total. The Morgan fingerprint density at radius 1 is 1.06 bits per heavy atom. The molecule has 1 aliphatic heterocycles. The number of amides is 1. The highest BCUT2D eigenvalue weighted by atomic mass is 16.5.